The van der Waals surface area contributed by atoms with Gasteiger partial charge in [-0.2, -0.15) is 5.26 Å². The molecule has 2 saturated heterocycles. The predicted molar refractivity (Wildman–Crippen MR) is 53.7 cm³/mol. The van der Waals surface area contributed by atoms with Crippen molar-refractivity contribution in [2.75, 3.05) is 0 Å². The lowest BCUT2D eigenvalue weighted by atomic mass is 9.86. The fraction of sp³-hybridized carbons (Fsp3) is 0.909. The second kappa shape index (κ2) is 3.52. The number of nitrogens with zero attached hydrogens (tertiary/aromatic N) is 1. The number of rotatable bonds is 2. The molecule has 1 N–H and O–H groups in total. The molecular formula is C11H18N2O. The first-order valence-electron chi connectivity index (χ1n) is 5.51. The molecule has 3 unspecified atom stereocenters. The van der Waals surface area contributed by atoms with E-state index in [9.17, 15) is 5.26 Å². The molecule has 3 nitrogen and oxygen atoms in total. The van der Waals surface area contributed by atoms with Gasteiger partial charge in [-0.25, -0.2) is 0 Å². The summed E-state index contributed by atoms with van der Waals surface area (Å²) in [7, 11) is 0. The summed E-state index contributed by atoms with van der Waals surface area (Å²) in [6.45, 7) is 4.17. The van der Waals surface area contributed by atoms with Gasteiger partial charge < -0.3 is 4.74 Å². The predicted octanol–water partition coefficient (Wildman–Crippen LogP) is 1.59. The van der Waals surface area contributed by atoms with Gasteiger partial charge in [-0.05, 0) is 39.5 Å². The highest BCUT2D eigenvalue weighted by Gasteiger charge is 2.48. The topological polar surface area (TPSA) is 45.0 Å². The first-order chi connectivity index (χ1) is 6.66. The van der Waals surface area contributed by atoms with Crippen LogP contribution >= 0.6 is 0 Å². The second-order valence-corrected chi connectivity index (χ2v) is 4.74. The highest BCUT2D eigenvalue weighted by Crippen LogP contribution is 2.38. The molecule has 0 radical (unpaired) electrons. The van der Waals surface area contributed by atoms with Crippen LogP contribution in [-0.2, 0) is 4.74 Å². The van der Waals surface area contributed by atoms with Crippen molar-refractivity contribution in [2.45, 2.75) is 63.3 Å². The summed E-state index contributed by atoms with van der Waals surface area (Å²) < 4.78 is 5.82. The minimum Gasteiger partial charge on any atom is -0.372 e. The largest absolute Gasteiger partial charge is 0.372 e. The molecule has 0 spiro atoms. The maximum absolute atomic E-state index is 9.32. The Kier molecular flexibility index (Phi) is 2.50. The van der Waals surface area contributed by atoms with Crippen LogP contribution in [0.2, 0.25) is 0 Å². The molecule has 78 valence electrons. The molecule has 0 aromatic rings. The lowest BCUT2D eigenvalue weighted by Crippen LogP contribution is -2.57. The molecule has 2 aliphatic rings. The minimum atomic E-state index is -0.416. The fourth-order valence-electron chi connectivity index (χ4n) is 2.67. The zero-order valence-electron chi connectivity index (χ0n) is 8.92. The van der Waals surface area contributed by atoms with Crippen molar-refractivity contribution in [3.63, 3.8) is 0 Å². The Hall–Kier alpha value is -0.590. The van der Waals surface area contributed by atoms with Crippen LogP contribution < -0.4 is 5.32 Å². The van der Waals surface area contributed by atoms with Gasteiger partial charge in [-0.15, -0.1) is 0 Å². The van der Waals surface area contributed by atoms with Crippen molar-refractivity contribution in [2.24, 2.45) is 0 Å². The van der Waals surface area contributed by atoms with E-state index in [1.54, 1.807) is 0 Å². The Morgan fingerprint density at radius 2 is 2.21 bits per heavy atom. The maximum atomic E-state index is 9.32. The van der Waals surface area contributed by atoms with Crippen molar-refractivity contribution in [3.05, 3.63) is 0 Å². The third kappa shape index (κ3) is 1.53. The quantitative estimate of drug-likeness (QED) is 0.726. The molecular weight excluding hydrogens is 176 g/mol. The van der Waals surface area contributed by atoms with Crippen LogP contribution in [0.25, 0.3) is 0 Å². The third-order valence-corrected chi connectivity index (χ3v) is 3.26. The summed E-state index contributed by atoms with van der Waals surface area (Å²) in [5, 5.41) is 12.7. The average molecular weight is 194 g/mol. The molecule has 2 aliphatic heterocycles. The van der Waals surface area contributed by atoms with Crippen LogP contribution in [0.15, 0.2) is 0 Å². The summed E-state index contributed by atoms with van der Waals surface area (Å²) in [5.74, 6) is 0. The Morgan fingerprint density at radius 3 is 2.86 bits per heavy atom. The maximum Gasteiger partial charge on any atom is 0.133 e. The lowest BCUT2D eigenvalue weighted by Gasteiger charge is -2.38. The van der Waals surface area contributed by atoms with Crippen LogP contribution in [-0.4, -0.2) is 23.8 Å². The lowest BCUT2D eigenvalue weighted by molar-refractivity contribution is -0.0415. The molecule has 0 saturated carbocycles. The van der Waals surface area contributed by atoms with Gasteiger partial charge in [-0.1, -0.05) is 0 Å². The molecule has 0 aromatic heterocycles. The number of fused-ring (bicyclic) bond motifs is 2. The molecule has 3 heteroatoms. The second-order valence-electron chi connectivity index (χ2n) is 4.74. The highest BCUT2D eigenvalue weighted by molar-refractivity contribution is 5.16. The van der Waals surface area contributed by atoms with Gasteiger partial charge in [0.15, 0.2) is 0 Å². The molecule has 2 rings (SSSR count). The van der Waals surface area contributed by atoms with E-state index in [4.69, 9.17) is 4.74 Å². The SMILES string of the molecule is CC(C)NC1(C#N)CCC2CCC1O2. The average Bonchev–Trinajstić information content (AvgIpc) is 2.55. The van der Waals surface area contributed by atoms with Gasteiger partial charge in [0.1, 0.15) is 5.54 Å². The number of hydrogen-bond acceptors (Lipinski definition) is 3. The van der Waals surface area contributed by atoms with E-state index in [0.29, 0.717) is 12.1 Å². The minimum absolute atomic E-state index is 0.119. The summed E-state index contributed by atoms with van der Waals surface area (Å²) >= 11 is 0. The normalized spacial score (nSPS) is 41.3. The molecule has 2 bridgehead atoms. The summed E-state index contributed by atoms with van der Waals surface area (Å²) in [4.78, 5) is 0. The molecule has 14 heavy (non-hydrogen) atoms. The number of nitrogens with one attached hydrogen (secondary N) is 1. The number of nitriles is 1. The number of ether oxygens (including phenoxy) is 1. The summed E-state index contributed by atoms with van der Waals surface area (Å²) in [5.41, 5.74) is -0.416. The first-order valence-corrected chi connectivity index (χ1v) is 5.51. The van der Waals surface area contributed by atoms with Crippen LogP contribution in [0.4, 0.5) is 0 Å². The molecule has 3 atom stereocenters. The summed E-state index contributed by atoms with van der Waals surface area (Å²) in [6, 6.07) is 2.78. The van der Waals surface area contributed by atoms with E-state index in [1.807, 2.05) is 0 Å². The van der Waals surface area contributed by atoms with Crippen LogP contribution in [0.3, 0.4) is 0 Å². The van der Waals surface area contributed by atoms with Gasteiger partial charge in [0.25, 0.3) is 0 Å². The Labute approximate surface area is 85.4 Å². The van der Waals surface area contributed by atoms with Crippen LogP contribution in [0.5, 0.6) is 0 Å². The molecule has 2 fully saturated rings. The Balaban J connectivity index is 2.15. The van der Waals surface area contributed by atoms with Crippen molar-refractivity contribution >= 4 is 0 Å². The molecule has 0 amide bonds. The van der Waals surface area contributed by atoms with Crippen LogP contribution in [0.1, 0.15) is 39.5 Å². The standard InChI is InChI=1S/C11H18N2O/c1-8(2)13-11(7-12)6-5-9-3-4-10(11)14-9/h8-10,13H,3-6H2,1-2H3. The number of hydrogen-bond donors (Lipinski definition) is 1. The monoisotopic (exact) mass is 194 g/mol. The first kappa shape index (κ1) is 9.95. The van der Waals surface area contributed by atoms with E-state index in [0.717, 1.165) is 25.7 Å². The zero-order valence-corrected chi connectivity index (χ0v) is 8.92. The van der Waals surface area contributed by atoms with Gasteiger partial charge in [0, 0.05) is 6.04 Å². The zero-order chi connectivity index (χ0) is 10.2. The van der Waals surface area contributed by atoms with Crippen LogP contribution in [0, 0.1) is 11.3 Å². The Morgan fingerprint density at radius 1 is 1.43 bits per heavy atom. The van der Waals surface area contributed by atoms with Gasteiger partial charge in [-0.3, -0.25) is 5.32 Å². The van der Waals surface area contributed by atoms with Gasteiger partial charge in [0.05, 0.1) is 18.3 Å². The van der Waals surface area contributed by atoms with Crippen molar-refractivity contribution in [1.29, 1.82) is 5.26 Å². The van der Waals surface area contributed by atoms with E-state index < -0.39 is 5.54 Å². The van der Waals surface area contributed by atoms with Crippen molar-refractivity contribution in [3.8, 4) is 6.07 Å². The smallest absolute Gasteiger partial charge is 0.133 e. The third-order valence-electron chi connectivity index (χ3n) is 3.26. The van der Waals surface area contributed by atoms with E-state index in [1.165, 1.54) is 0 Å². The summed E-state index contributed by atoms with van der Waals surface area (Å²) in [6.07, 6.45) is 4.69. The van der Waals surface area contributed by atoms with Crippen molar-refractivity contribution < 1.29 is 4.74 Å². The molecule has 0 aromatic carbocycles. The van der Waals surface area contributed by atoms with Gasteiger partial charge in [0.2, 0.25) is 0 Å². The van der Waals surface area contributed by atoms with E-state index in [2.05, 4.69) is 25.2 Å². The van der Waals surface area contributed by atoms with E-state index in [-0.39, 0.29) is 6.10 Å². The molecule has 0 aliphatic carbocycles. The molecule has 2 heterocycles. The fourth-order valence-corrected chi connectivity index (χ4v) is 2.67. The highest BCUT2D eigenvalue weighted by atomic mass is 16.5. The van der Waals surface area contributed by atoms with E-state index >= 15 is 0 Å². The van der Waals surface area contributed by atoms with Crippen molar-refractivity contribution in [1.82, 2.24) is 5.32 Å². The Bertz CT molecular complexity index is 259. The van der Waals surface area contributed by atoms with Gasteiger partial charge >= 0.3 is 0 Å².